The maximum absolute atomic E-state index is 12.3. The van der Waals surface area contributed by atoms with E-state index in [-0.39, 0.29) is 11.8 Å². The molecule has 0 radical (unpaired) electrons. The lowest BCUT2D eigenvalue weighted by Gasteiger charge is -2.34. The van der Waals surface area contributed by atoms with E-state index in [2.05, 4.69) is 0 Å². The van der Waals surface area contributed by atoms with Gasteiger partial charge in [0.1, 0.15) is 0 Å². The zero-order valence-corrected chi connectivity index (χ0v) is 11.5. The van der Waals surface area contributed by atoms with Crippen LogP contribution in [-0.2, 0) is 4.79 Å². The van der Waals surface area contributed by atoms with E-state index in [1.807, 2.05) is 13.0 Å². The van der Waals surface area contributed by atoms with Crippen molar-refractivity contribution in [3.63, 3.8) is 0 Å². The minimum atomic E-state index is -0.0434. The number of nitrogens with zero attached hydrogens (tertiary/aromatic N) is 3. The molecule has 1 saturated heterocycles. The SMILES string of the molecule is CCC(=O)N1CCN(C(=O)c2ccc(C#N)cc2)CC1. The average Bonchev–Trinajstić information content (AvgIpc) is 2.53. The highest BCUT2D eigenvalue weighted by Crippen LogP contribution is 2.10. The predicted octanol–water partition coefficient (Wildman–Crippen LogP) is 1.25. The number of amides is 2. The van der Waals surface area contributed by atoms with Crippen molar-refractivity contribution in [3.8, 4) is 6.07 Å². The highest BCUT2D eigenvalue weighted by atomic mass is 16.2. The van der Waals surface area contributed by atoms with Gasteiger partial charge < -0.3 is 9.80 Å². The van der Waals surface area contributed by atoms with E-state index in [0.29, 0.717) is 43.7 Å². The summed E-state index contributed by atoms with van der Waals surface area (Å²) in [5, 5.41) is 8.74. The molecule has 1 fully saturated rings. The summed E-state index contributed by atoms with van der Waals surface area (Å²) in [5.41, 5.74) is 1.12. The molecule has 104 valence electrons. The van der Waals surface area contributed by atoms with Crippen molar-refractivity contribution < 1.29 is 9.59 Å². The number of piperazine rings is 1. The second-order valence-corrected chi connectivity index (χ2v) is 4.72. The highest BCUT2D eigenvalue weighted by molar-refractivity contribution is 5.94. The number of benzene rings is 1. The maximum atomic E-state index is 12.3. The van der Waals surface area contributed by atoms with Gasteiger partial charge in [-0.05, 0) is 24.3 Å². The maximum Gasteiger partial charge on any atom is 0.253 e. The summed E-state index contributed by atoms with van der Waals surface area (Å²) in [5.74, 6) is 0.0913. The summed E-state index contributed by atoms with van der Waals surface area (Å²) in [6.07, 6.45) is 0.504. The average molecular weight is 271 g/mol. The molecule has 5 heteroatoms. The Labute approximate surface area is 118 Å². The molecule has 1 aliphatic heterocycles. The number of nitriles is 1. The molecular formula is C15H17N3O2. The van der Waals surface area contributed by atoms with Crippen LogP contribution in [0.15, 0.2) is 24.3 Å². The van der Waals surface area contributed by atoms with E-state index in [4.69, 9.17) is 5.26 Å². The van der Waals surface area contributed by atoms with Gasteiger partial charge in [0.2, 0.25) is 5.91 Å². The summed E-state index contributed by atoms with van der Waals surface area (Å²) in [7, 11) is 0. The molecule has 2 rings (SSSR count). The Morgan fingerprint density at radius 3 is 2.15 bits per heavy atom. The van der Waals surface area contributed by atoms with Gasteiger partial charge in [0.25, 0.3) is 5.91 Å². The van der Waals surface area contributed by atoms with Crippen molar-refractivity contribution >= 4 is 11.8 Å². The topological polar surface area (TPSA) is 64.4 Å². The molecule has 1 aliphatic rings. The third kappa shape index (κ3) is 2.97. The van der Waals surface area contributed by atoms with Crippen molar-refractivity contribution in [2.24, 2.45) is 0 Å². The van der Waals surface area contributed by atoms with Gasteiger partial charge in [0.15, 0.2) is 0 Å². The monoisotopic (exact) mass is 271 g/mol. The van der Waals surface area contributed by atoms with Gasteiger partial charge in [0.05, 0.1) is 11.6 Å². The quantitative estimate of drug-likeness (QED) is 0.813. The van der Waals surface area contributed by atoms with Gasteiger partial charge in [-0.25, -0.2) is 0 Å². The fourth-order valence-electron chi connectivity index (χ4n) is 2.25. The first-order valence-electron chi connectivity index (χ1n) is 6.73. The Kier molecular flexibility index (Phi) is 4.36. The second kappa shape index (κ2) is 6.20. The molecule has 1 aromatic rings. The molecular weight excluding hydrogens is 254 g/mol. The highest BCUT2D eigenvalue weighted by Gasteiger charge is 2.23. The molecule has 0 aromatic heterocycles. The van der Waals surface area contributed by atoms with Crippen LogP contribution < -0.4 is 0 Å². The Balaban J connectivity index is 1.97. The number of rotatable bonds is 2. The predicted molar refractivity (Wildman–Crippen MR) is 73.9 cm³/mol. The molecule has 20 heavy (non-hydrogen) atoms. The Morgan fingerprint density at radius 1 is 1.10 bits per heavy atom. The molecule has 1 aromatic carbocycles. The lowest BCUT2D eigenvalue weighted by molar-refractivity contribution is -0.132. The Hall–Kier alpha value is -2.35. The number of hydrogen-bond donors (Lipinski definition) is 0. The minimum Gasteiger partial charge on any atom is -0.339 e. The molecule has 0 unspecified atom stereocenters. The van der Waals surface area contributed by atoms with Crippen LogP contribution in [-0.4, -0.2) is 47.8 Å². The van der Waals surface area contributed by atoms with Crippen LogP contribution in [0.2, 0.25) is 0 Å². The van der Waals surface area contributed by atoms with Crippen molar-refractivity contribution in [1.82, 2.24) is 9.80 Å². The summed E-state index contributed by atoms with van der Waals surface area (Å²) >= 11 is 0. The van der Waals surface area contributed by atoms with Crippen molar-refractivity contribution in [2.75, 3.05) is 26.2 Å². The van der Waals surface area contributed by atoms with Crippen LogP contribution >= 0.6 is 0 Å². The van der Waals surface area contributed by atoms with Gasteiger partial charge in [-0.15, -0.1) is 0 Å². The van der Waals surface area contributed by atoms with Crippen LogP contribution in [0.25, 0.3) is 0 Å². The second-order valence-electron chi connectivity index (χ2n) is 4.72. The van der Waals surface area contributed by atoms with E-state index >= 15 is 0 Å². The number of carbonyl (C=O) groups excluding carboxylic acids is 2. The van der Waals surface area contributed by atoms with Crippen LogP contribution in [0.3, 0.4) is 0 Å². The normalized spacial score (nSPS) is 14.8. The van der Waals surface area contributed by atoms with Crippen LogP contribution in [0.4, 0.5) is 0 Å². The minimum absolute atomic E-state index is 0.0434. The third-order valence-corrected chi connectivity index (χ3v) is 3.48. The number of carbonyl (C=O) groups is 2. The molecule has 1 heterocycles. The molecule has 2 amide bonds. The molecule has 0 bridgehead atoms. The summed E-state index contributed by atoms with van der Waals surface area (Å²) < 4.78 is 0. The lowest BCUT2D eigenvalue weighted by Crippen LogP contribution is -2.50. The smallest absolute Gasteiger partial charge is 0.253 e. The largest absolute Gasteiger partial charge is 0.339 e. The van der Waals surface area contributed by atoms with Crippen LogP contribution in [0, 0.1) is 11.3 Å². The van der Waals surface area contributed by atoms with Gasteiger partial charge in [-0.2, -0.15) is 5.26 Å². The fraction of sp³-hybridized carbons (Fsp3) is 0.400. The van der Waals surface area contributed by atoms with Gasteiger partial charge in [-0.1, -0.05) is 6.92 Å². The zero-order valence-electron chi connectivity index (χ0n) is 11.5. The summed E-state index contributed by atoms with van der Waals surface area (Å²) in [4.78, 5) is 27.4. The van der Waals surface area contributed by atoms with Crippen LogP contribution in [0.5, 0.6) is 0 Å². The first-order valence-corrected chi connectivity index (χ1v) is 6.73. The Bertz CT molecular complexity index is 537. The summed E-state index contributed by atoms with van der Waals surface area (Å²) in [6.45, 7) is 4.15. The van der Waals surface area contributed by atoms with E-state index in [1.54, 1.807) is 34.1 Å². The van der Waals surface area contributed by atoms with E-state index in [1.165, 1.54) is 0 Å². The first-order chi connectivity index (χ1) is 9.65. The molecule has 0 aliphatic carbocycles. The molecule has 0 saturated carbocycles. The molecule has 0 N–H and O–H groups in total. The first kappa shape index (κ1) is 14.1. The van der Waals surface area contributed by atoms with E-state index < -0.39 is 0 Å². The third-order valence-electron chi connectivity index (χ3n) is 3.48. The molecule has 5 nitrogen and oxygen atoms in total. The van der Waals surface area contributed by atoms with Gasteiger partial charge >= 0.3 is 0 Å². The summed E-state index contributed by atoms with van der Waals surface area (Å²) in [6, 6.07) is 8.66. The van der Waals surface area contributed by atoms with Crippen molar-refractivity contribution in [1.29, 1.82) is 5.26 Å². The molecule has 0 spiro atoms. The van der Waals surface area contributed by atoms with Gasteiger partial charge in [-0.3, -0.25) is 9.59 Å². The standard InChI is InChI=1S/C15H17N3O2/c1-2-14(19)17-7-9-18(10-8-17)15(20)13-5-3-12(11-16)4-6-13/h3-6H,2,7-10H2,1H3. The Morgan fingerprint density at radius 2 is 1.65 bits per heavy atom. The van der Waals surface area contributed by atoms with Crippen molar-refractivity contribution in [3.05, 3.63) is 35.4 Å². The van der Waals surface area contributed by atoms with Gasteiger partial charge in [0, 0.05) is 38.2 Å². The molecule has 0 atom stereocenters. The zero-order chi connectivity index (χ0) is 14.5. The van der Waals surface area contributed by atoms with Crippen molar-refractivity contribution in [2.45, 2.75) is 13.3 Å². The lowest BCUT2D eigenvalue weighted by atomic mass is 10.1. The fourth-order valence-corrected chi connectivity index (χ4v) is 2.25. The van der Waals surface area contributed by atoms with Crippen LogP contribution in [0.1, 0.15) is 29.3 Å². The van der Waals surface area contributed by atoms with E-state index in [9.17, 15) is 9.59 Å². The number of hydrogen-bond acceptors (Lipinski definition) is 3. The van der Waals surface area contributed by atoms with E-state index in [0.717, 1.165) is 0 Å².